The lowest BCUT2D eigenvalue weighted by Gasteiger charge is -2.32. The Bertz CT molecular complexity index is 611. The molecule has 0 radical (unpaired) electrons. The molecule has 0 aromatic carbocycles. The third-order valence-electron chi connectivity index (χ3n) is 3.87. The van der Waals surface area contributed by atoms with Gasteiger partial charge in [0.1, 0.15) is 21.6 Å². The van der Waals surface area contributed by atoms with Crippen molar-refractivity contribution in [2.45, 2.75) is 44.0 Å². The van der Waals surface area contributed by atoms with Gasteiger partial charge in [-0.2, -0.15) is 13.2 Å². The molecular formula is C15H20F3N3O2S. The smallest absolute Gasteiger partial charge is 0.309 e. The van der Waals surface area contributed by atoms with Crippen molar-refractivity contribution in [1.82, 2.24) is 9.29 Å². The number of carbonyl (C=O) groups excluding carboxylic acids is 1. The van der Waals surface area contributed by atoms with Crippen LogP contribution in [0.2, 0.25) is 0 Å². The standard InChI is InChI=1S/C15H20F3N3O2S/c1-14(2,24(23)21-8-4-3-5-9-21)13(22)20-12-7-6-11(10-19-12)15(16,17)18/h6-7,10H,3-5,8-9H2,1-2H3,(H,19,20,22). The van der Waals surface area contributed by atoms with Gasteiger partial charge in [0.25, 0.3) is 0 Å². The topological polar surface area (TPSA) is 62.3 Å². The van der Waals surface area contributed by atoms with Crippen LogP contribution >= 0.6 is 0 Å². The summed E-state index contributed by atoms with van der Waals surface area (Å²) in [6.07, 6.45) is -0.877. The zero-order valence-electron chi connectivity index (χ0n) is 13.5. The molecule has 1 atom stereocenters. The van der Waals surface area contributed by atoms with Gasteiger partial charge in [-0.3, -0.25) is 4.79 Å². The molecule has 0 aliphatic carbocycles. The number of alkyl halides is 3. The minimum atomic E-state index is -4.48. The van der Waals surface area contributed by atoms with E-state index in [9.17, 15) is 22.2 Å². The summed E-state index contributed by atoms with van der Waals surface area (Å²) in [5, 5.41) is 2.44. The predicted molar refractivity (Wildman–Crippen MR) is 85.5 cm³/mol. The molecule has 1 aliphatic rings. The van der Waals surface area contributed by atoms with Gasteiger partial charge in [0.15, 0.2) is 0 Å². The van der Waals surface area contributed by atoms with Crippen molar-refractivity contribution in [1.29, 1.82) is 0 Å². The highest BCUT2D eigenvalue weighted by Crippen LogP contribution is 2.29. The first kappa shape index (κ1) is 18.9. The monoisotopic (exact) mass is 363 g/mol. The van der Waals surface area contributed by atoms with E-state index >= 15 is 0 Å². The molecule has 0 bridgehead atoms. The number of nitrogens with one attached hydrogen (secondary N) is 1. The van der Waals surface area contributed by atoms with Crippen molar-refractivity contribution in [3.63, 3.8) is 0 Å². The molecule has 134 valence electrons. The minimum absolute atomic E-state index is 0.00304. The molecule has 1 fully saturated rings. The van der Waals surface area contributed by atoms with Gasteiger partial charge in [0.2, 0.25) is 5.91 Å². The second kappa shape index (κ2) is 7.18. The van der Waals surface area contributed by atoms with Gasteiger partial charge < -0.3 is 5.32 Å². The number of pyridine rings is 1. The molecule has 1 aliphatic heterocycles. The molecule has 1 aromatic rings. The van der Waals surface area contributed by atoms with Crippen LogP contribution < -0.4 is 5.32 Å². The summed E-state index contributed by atoms with van der Waals surface area (Å²) in [6, 6.07) is 1.93. The fourth-order valence-corrected chi connectivity index (χ4v) is 3.78. The van der Waals surface area contributed by atoms with Gasteiger partial charge in [0.05, 0.1) is 5.56 Å². The van der Waals surface area contributed by atoms with Crippen LogP contribution in [0.3, 0.4) is 0 Å². The maximum atomic E-state index is 12.6. The average molecular weight is 363 g/mol. The minimum Gasteiger partial charge on any atom is -0.309 e. The number of anilines is 1. The average Bonchev–Trinajstić information content (AvgIpc) is 2.54. The molecule has 1 saturated heterocycles. The molecule has 0 saturated carbocycles. The Morgan fingerprint density at radius 3 is 2.33 bits per heavy atom. The van der Waals surface area contributed by atoms with Crippen molar-refractivity contribution in [3.8, 4) is 0 Å². The van der Waals surface area contributed by atoms with E-state index in [2.05, 4.69) is 10.3 Å². The molecule has 2 rings (SSSR count). The van der Waals surface area contributed by atoms with Crippen molar-refractivity contribution in [2.24, 2.45) is 0 Å². The lowest BCUT2D eigenvalue weighted by molar-refractivity contribution is -0.137. The summed E-state index contributed by atoms with van der Waals surface area (Å²) < 4.78 is 50.7. The lowest BCUT2D eigenvalue weighted by atomic mass is 10.2. The maximum absolute atomic E-state index is 12.6. The van der Waals surface area contributed by atoms with Gasteiger partial charge in [-0.05, 0) is 38.8 Å². The van der Waals surface area contributed by atoms with E-state index in [-0.39, 0.29) is 5.82 Å². The van der Waals surface area contributed by atoms with Crippen molar-refractivity contribution in [3.05, 3.63) is 23.9 Å². The second-order valence-corrected chi connectivity index (χ2v) is 8.17. The zero-order chi connectivity index (χ0) is 18.0. The van der Waals surface area contributed by atoms with Crippen LogP contribution in [0.25, 0.3) is 0 Å². The summed E-state index contributed by atoms with van der Waals surface area (Å²) >= 11 is 0. The van der Waals surface area contributed by atoms with Crippen LogP contribution in [0.15, 0.2) is 18.3 Å². The van der Waals surface area contributed by atoms with E-state index in [1.54, 1.807) is 18.2 Å². The van der Waals surface area contributed by atoms with Crippen LogP contribution in [0, 0.1) is 0 Å². The molecule has 5 nitrogen and oxygen atoms in total. The zero-order valence-corrected chi connectivity index (χ0v) is 14.3. The van der Waals surface area contributed by atoms with E-state index in [4.69, 9.17) is 0 Å². The molecule has 24 heavy (non-hydrogen) atoms. The predicted octanol–water partition coefficient (Wildman–Crippen LogP) is 2.97. The van der Waals surface area contributed by atoms with E-state index in [0.29, 0.717) is 19.3 Å². The van der Waals surface area contributed by atoms with Gasteiger partial charge in [-0.25, -0.2) is 13.5 Å². The van der Waals surface area contributed by atoms with Gasteiger partial charge in [0, 0.05) is 19.3 Å². The molecule has 1 N–H and O–H groups in total. The van der Waals surface area contributed by atoms with Crippen LogP contribution in [0.5, 0.6) is 0 Å². The Labute approximate surface area is 141 Å². The maximum Gasteiger partial charge on any atom is 0.417 e. The number of halogens is 3. The molecule has 2 heterocycles. The number of rotatable bonds is 4. The van der Waals surface area contributed by atoms with Gasteiger partial charge >= 0.3 is 6.18 Å². The SMILES string of the molecule is CC(C)(C(=O)Nc1ccc(C(F)(F)F)cn1)S(=O)N1CCCCC1. The Morgan fingerprint density at radius 1 is 1.21 bits per heavy atom. The van der Waals surface area contributed by atoms with E-state index in [1.807, 2.05) is 0 Å². The number of hydrogen-bond donors (Lipinski definition) is 1. The largest absolute Gasteiger partial charge is 0.417 e. The Morgan fingerprint density at radius 2 is 1.83 bits per heavy atom. The third kappa shape index (κ3) is 4.32. The van der Waals surface area contributed by atoms with Crippen molar-refractivity contribution in [2.75, 3.05) is 18.4 Å². The van der Waals surface area contributed by atoms with Gasteiger partial charge in [-0.1, -0.05) is 6.42 Å². The van der Waals surface area contributed by atoms with E-state index in [0.717, 1.165) is 31.4 Å². The number of amides is 1. The van der Waals surface area contributed by atoms with Crippen LogP contribution in [0.1, 0.15) is 38.7 Å². The first-order chi connectivity index (χ1) is 11.1. The normalized spacial score (nSPS) is 18.2. The highest BCUT2D eigenvalue weighted by Gasteiger charge is 2.39. The summed E-state index contributed by atoms with van der Waals surface area (Å²) in [6.45, 7) is 4.44. The third-order valence-corrected chi connectivity index (χ3v) is 5.76. The van der Waals surface area contributed by atoms with Crippen LogP contribution in [-0.2, 0) is 22.0 Å². The van der Waals surface area contributed by atoms with Gasteiger partial charge in [-0.15, -0.1) is 0 Å². The first-order valence-corrected chi connectivity index (χ1v) is 8.74. The van der Waals surface area contributed by atoms with Crippen LogP contribution in [-0.4, -0.2) is 37.2 Å². The van der Waals surface area contributed by atoms with Crippen molar-refractivity contribution >= 4 is 22.7 Å². The summed E-state index contributed by atoms with van der Waals surface area (Å²) in [7, 11) is -1.53. The van der Waals surface area contributed by atoms with E-state index in [1.165, 1.54) is 0 Å². The molecule has 9 heteroatoms. The fraction of sp³-hybridized carbons (Fsp3) is 0.600. The molecule has 1 unspecified atom stereocenters. The number of aromatic nitrogens is 1. The van der Waals surface area contributed by atoms with Crippen molar-refractivity contribution < 1.29 is 22.2 Å². The highest BCUT2D eigenvalue weighted by molar-refractivity contribution is 7.85. The summed E-state index contributed by atoms with van der Waals surface area (Å²) in [5.41, 5.74) is -0.892. The Kier molecular flexibility index (Phi) is 5.64. The van der Waals surface area contributed by atoms with Crippen LogP contribution in [0.4, 0.5) is 19.0 Å². The molecule has 1 aromatic heterocycles. The highest BCUT2D eigenvalue weighted by atomic mass is 32.2. The number of piperidine rings is 1. The number of carbonyl (C=O) groups is 1. The van der Waals surface area contributed by atoms with E-state index < -0.39 is 33.4 Å². The Hall–Kier alpha value is -1.48. The first-order valence-electron chi connectivity index (χ1n) is 7.64. The second-order valence-electron chi connectivity index (χ2n) is 6.13. The number of hydrogen-bond acceptors (Lipinski definition) is 3. The molecule has 1 amide bonds. The molecular weight excluding hydrogens is 343 g/mol. The summed E-state index contributed by atoms with van der Waals surface area (Å²) in [5.74, 6) is -0.546. The quantitative estimate of drug-likeness (QED) is 0.895. The fourth-order valence-electron chi connectivity index (χ4n) is 2.34. The Balaban J connectivity index is 2.05. The lowest BCUT2D eigenvalue weighted by Crippen LogP contribution is -2.49. The molecule has 0 spiro atoms. The summed E-state index contributed by atoms with van der Waals surface area (Å²) in [4.78, 5) is 16.0. The number of nitrogens with zero attached hydrogens (tertiary/aromatic N) is 2.